The van der Waals surface area contributed by atoms with Crippen molar-refractivity contribution < 1.29 is 4.74 Å². The van der Waals surface area contributed by atoms with Crippen molar-refractivity contribution in [1.29, 1.82) is 0 Å². The average Bonchev–Trinajstić information content (AvgIpc) is 3.56. The predicted molar refractivity (Wildman–Crippen MR) is 293 cm³/mol. The highest BCUT2D eigenvalue weighted by Gasteiger charge is 2.48. The van der Waals surface area contributed by atoms with Gasteiger partial charge in [0.05, 0.1) is 0 Å². The molecule has 5 aromatic carbocycles. The molecule has 2 heteroatoms. The lowest BCUT2D eigenvalue weighted by atomic mass is 9.59. The molecular formula is C65H89NO. The van der Waals surface area contributed by atoms with Crippen LogP contribution in [0.25, 0.3) is 11.1 Å². The van der Waals surface area contributed by atoms with Gasteiger partial charge in [0.1, 0.15) is 12.4 Å². The van der Waals surface area contributed by atoms with Crippen LogP contribution >= 0.6 is 0 Å². The summed E-state index contributed by atoms with van der Waals surface area (Å²) in [5.41, 5.74) is 15.9. The highest BCUT2D eigenvalue weighted by Crippen LogP contribution is 2.58. The van der Waals surface area contributed by atoms with Crippen molar-refractivity contribution in [2.45, 2.75) is 195 Å². The molecule has 1 aliphatic carbocycles. The lowest BCUT2D eigenvalue weighted by Crippen LogP contribution is -2.40. The second-order valence-electron chi connectivity index (χ2n) is 23.8. The molecule has 67 heavy (non-hydrogen) atoms. The van der Waals surface area contributed by atoms with Crippen molar-refractivity contribution in [1.82, 2.24) is 0 Å². The van der Waals surface area contributed by atoms with Crippen molar-refractivity contribution in [3.05, 3.63) is 155 Å². The maximum Gasteiger partial charge on any atom is 0.119 e. The van der Waals surface area contributed by atoms with E-state index in [4.69, 9.17) is 4.74 Å². The number of anilines is 3. The largest absolute Gasteiger partial charge is 0.489 e. The molecule has 0 heterocycles. The van der Waals surface area contributed by atoms with Gasteiger partial charge in [-0.2, -0.15) is 0 Å². The fraction of sp³-hybridized carbons (Fsp3) is 0.508. The summed E-state index contributed by atoms with van der Waals surface area (Å²) >= 11 is 0. The van der Waals surface area contributed by atoms with E-state index in [0.29, 0.717) is 18.4 Å². The topological polar surface area (TPSA) is 12.5 Å². The van der Waals surface area contributed by atoms with E-state index >= 15 is 0 Å². The summed E-state index contributed by atoms with van der Waals surface area (Å²) in [6, 6.07) is 42.3. The third-order valence-electron chi connectivity index (χ3n) is 16.3. The van der Waals surface area contributed by atoms with Crippen LogP contribution in [0.4, 0.5) is 17.1 Å². The summed E-state index contributed by atoms with van der Waals surface area (Å²) in [5, 5.41) is 0. The Morgan fingerprint density at radius 2 is 0.910 bits per heavy atom. The number of hydrogen-bond acceptors (Lipinski definition) is 2. The fourth-order valence-electron chi connectivity index (χ4n) is 11.0. The first kappa shape index (κ1) is 51.8. The standard InChI is InChI=1S/C65H89NO/c1-17-21-23-47(19-3)43-65(44-48(20-4)24-22-18-2)59-41-51(62(10,11)12)29-39-57(59)58-40-30-52(42-60(58)65)64(15,16)63(13,14)50-27-33-54(34-28-50)66(53-31-25-49(26-32-53)61(7,8)9)55-35-37-56(38-36-55)67-45-46(5)6/h25-42,47-48H,5,17-24,43-45H2,1-4,6-16H3. The van der Waals surface area contributed by atoms with Gasteiger partial charge in [0.25, 0.3) is 0 Å². The molecule has 0 amide bonds. The van der Waals surface area contributed by atoms with E-state index in [1.54, 1.807) is 11.1 Å². The Labute approximate surface area is 410 Å². The summed E-state index contributed by atoms with van der Waals surface area (Å²) in [4.78, 5) is 2.37. The molecule has 6 rings (SSSR count). The van der Waals surface area contributed by atoms with Gasteiger partial charge in [-0.1, -0.05) is 216 Å². The van der Waals surface area contributed by atoms with Gasteiger partial charge in [0.15, 0.2) is 0 Å². The molecule has 0 radical (unpaired) electrons. The Morgan fingerprint density at radius 1 is 0.522 bits per heavy atom. The number of rotatable bonds is 21. The summed E-state index contributed by atoms with van der Waals surface area (Å²) < 4.78 is 6.01. The summed E-state index contributed by atoms with van der Waals surface area (Å²) in [5.74, 6) is 2.23. The second kappa shape index (κ2) is 21.0. The second-order valence-corrected chi connectivity index (χ2v) is 23.8. The minimum Gasteiger partial charge on any atom is -0.489 e. The zero-order valence-electron chi connectivity index (χ0n) is 44.9. The Bertz CT molecular complexity index is 2380. The molecule has 2 nitrogen and oxygen atoms in total. The summed E-state index contributed by atoms with van der Waals surface area (Å²) in [6.45, 7) is 40.1. The Morgan fingerprint density at radius 3 is 1.33 bits per heavy atom. The van der Waals surface area contributed by atoms with Gasteiger partial charge < -0.3 is 9.64 Å². The number of benzene rings is 5. The van der Waals surface area contributed by atoms with Crippen LogP contribution in [0.15, 0.2) is 121 Å². The summed E-state index contributed by atoms with van der Waals surface area (Å²) in [6.07, 6.45) is 12.7. The fourth-order valence-corrected chi connectivity index (χ4v) is 11.0. The molecule has 0 bridgehead atoms. The monoisotopic (exact) mass is 900 g/mol. The van der Waals surface area contributed by atoms with Crippen LogP contribution < -0.4 is 9.64 Å². The maximum absolute atomic E-state index is 6.01. The van der Waals surface area contributed by atoms with Crippen LogP contribution in [0.1, 0.15) is 201 Å². The van der Waals surface area contributed by atoms with E-state index in [2.05, 4.69) is 218 Å². The van der Waals surface area contributed by atoms with Crippen LogP contribution in [0.3, 0.4) is 0 Å². The van der Waals surface area contributed by atoms with Crippen LogP contribution in [-0.4, -0.2) is 6.61 Å². The smallest absolute Gasteiger partial charge is 0.119 e. The third kappa shape index (κ3) is 11.2. The molecule has 0 saturated heterocycles. The zero-order chi connectivity index (χ0) is 49.0. The van der Waals surface area contributed by atoms with Crippen molar-refractivity contribution in [3.8, 4) is 16.9 Å². The molecular weight excluding hydrogens is 811 g/mol. The SMILES string of the molecule is C=C(C)COc1ccc(N(c2ccc(C(C)(C)C)cc2)c2ccc(C(C)(C)C(C)(C)c3ccc4c(c3)C(CC(CC)CCCC)(CC(CC)CCCC)c3cc(C(C)(C)C)ccc3-4)cc2)cc1. The summed E-state index contributed by atoms with van der Waals surface area (Å²) in [7, 11) is 0. The first-order valence-electron chi connectivity index (χ1n) is 26.3. The van der Waals surface area contributed by atoms with E-state index < -0.39 is 0 Å². The van der Waals surface area contributed by atoms with E-state index in [0.717, 1.165) is 28.4 Å². The predicted octanol–water partition coefficient (Wildman–Crippen LogP) is 19.4. The number of ether oxygens (including phenoxy) is 1. The number of fused-ring (bicyclic) bond motifs is 3. The Kier molecular flexibility index (Phi) is 16.2. The Hall–Kier alpha value is -4.56. The van der Waals surface area contributed by atoms with Crippen molar-refractivity contribution in [2.75, 3.05) is 11.5 Å². The minimum absolute atomic E-state index is 0.0177. The first-order valence-corrected chi connectivity index (χ1v) is 26.3. The average molecular weight is 900 g/mol. The van der Waals surface area contributed by atoms with Crippen LogP contribution in [0.5, 0.6) is 5.75 Å². The zero-order valence-corrected chi connectivity index (χ0v) is 44.9. The molecule has 0 N–H and O–H groups in total. The van der Waals surface area contributed by atoms with Gasteiger partial charge in [-0.05, 0) is 152 Å². The molecule has 0 spiro atoms. The van der Waals surface area contributed by atoms with Gasteiger partial charge in [-0.25, -0.2) is 0 Å². The molecule has 0 aliphatic heterocycles. The van der Waals surface area contributed by atoms with Crippen LogP contribution in [0.2, 0.25) is 0 Å². The van der Waals surface area contributed by atoms with Crippen molar-refractivity contribution in [2.24, 2.45) is 11.8 Å². The van der Waals surface area contributed by atoms with E-state index in [-0.39, 0.29) is 27.1 Å². The van der Waals surface area contributed by atoms with Gasteiger partial charge in [-0.15, -0.1) is 0 Å². The highest BCUT2D eigenvalue weighted by atomic mass is 16.5. The lowest BCUT2D eigenvalue weighted by molar-refractivity contribution is 0.264. The molecule has 1 aliphatic rings. The first-order chi connectivity index (χ1) is 31.6. The molecule has 0 saturated carbocycles. The lowest BCUT2D eigenvalue weighted by Gasteiger charge is -2.44. The van der Waals surface area contributed by atoms with Crippen molar-refractivity contribution >= 4 is 17.1 Å². The third-order valence-corrected chi connectivity index (χ3v) is 16.3. The van der Waals surface area contributed by atoms with Crippen LogP contribution in [-0.2, 0) is 27.1 Å². The van der Waals surface area contributed by atoms with E-state index in [9.17, 15) is 0 Å². The molecule has 5 aromatic rings. The molecule has 360 valence electrons. The molecule has 0 fully saturated rings. The molecule has 2 atom stereocenters. The van der Waals surface area contributed by atoms with Gasteiger partial charge in [-0.3, -0.25) is 0 Å². The van der Waals surface area contributed by atoms with Gasteiger partial charge in [0, 0.05) is 22.5 Å². The van der Waals surface area contributed by atoms with E-state index in [1.807, 2.05) is 6.92 Å². The quantitative estimate of drug-likeness (QED) is 0.0681. The number of nitrogens with zero attached hydrogens (tertiary/aromatic N) is 1. The van der Waals surface area contributed by atoms with E-state index in [1.165, 1.54) is 97.6 Å². The van der Waals surface area contributed by atoms with Crippen molar-refractivity contribution in [3.63, 3.8) is 0 Å². The molecule has 2 unspecified atom stereocenters. The minimum atomic E-state index is -0.186. The number of hydrogen-bond donors (Lipinski definition) is 0. The van der Waals surface area contributed by atoms with Gasteiger partial charge in [0.2, 0.25) is 0 Å². The molecule has 0 aromatic heterocycles. The normalized spacial score (nSPS) is 16.0. The maximum atomic E-state index is 6.01. The number of unbranched alkanes of at least 4 members (excludes halogenated alkanes) is 2. The van der Waals surface area contributed by atoms with Crippen LogP contribution in [0, 0.1) is 11.8 Å². The Balaban J connectivity index is 1.44. The highest BCUT2D eigenvalue weighted by molar-refractivity contribution is 5.82. The van der Waals surface area contributed by atoms with Gasteiger partial charge >= 0.3 is 0 Å².